The van der Waals surface area contributed by atoms with E-state index in [0.717, 1.165) is 21.9 Å². The molecule has 4 nitrogen and oxygen atoms in total. The zero-order chi connectivity index (χ0) is 18.1. The van der Waals surface area contributed by atoms with E-state index in [-0.39, 0.29) is 5.69 Å². The summed E-state index contributed by atoms with van der Waals surface area (Å²) in [7, 11) is 0. The molecule has 4 heteroatoms. The third-order valence-electron chi connectivity index (χ3n) is 4.58. The smallest absolute Gasteiger partial charge is 0.354 e. The summed E-state index contributed by atoms with van der Waals surface area (Å²) in [6.07, 6.45) is 0. The predicted molar refractivity (Wildman–Crippen MR) is 102 cm³/mol. The minimum Gasteiger partial charge on any atom is -0.477 e. The van der Waals surface area contributed by atoms with Crippen molar-refractivity contribution >= 4 is 16.7 Å². The van der Waals surface area contributed by atoms with Crippen LogP contribution in [0.25, 0.3) is 22.2 Å². The number of fused-ring (bicyclic) bond motifs is 1. The molecule has 0 aliphatic rings. The van der Waals surface area contributed by atoms with Crippen LogP contribution in [0.2, 0.25) is 0 Å². The summed E-state index contributed by atoms with van der Waals surface area (Å²) in [5.41, 5.74) is 2.73. The van der Waals surface area contributed by atoms with Gasteiger partial charge >= 0.3 is 5.97 Å². The van der Waals surface area contributed by atoms with Gasteiger partial charge in [0.25, 0.3) is 0 Å². The van der Waals surface area contributed by atoms with Gasteiger partial charge in [-0.1, -0.05) is 72.8 Å². The minimum absolute atomic E-state index is 0.233. The number of aromatic carboxylic acids is 1. The Morgan fingerprint density at radius 1 is 0.962 bits per heavy atom. The fourth-order valence-corrected chi connectivity index (χ4v) is 3.41. The van der Waals surface area contributed by atoms with Gasteiger partial charge in [-0.05, 0) is 23.3 Å². The van der Waals surface area contributed by atoms with Crippen LogP contribution in [0.15, 0.2) is 72.8 Å². The molecule has 1 heterocycles. The second-order valence-electron chi connectivity index (χ2n) is 6.27. The maximum Gasteiger partial charge on any atom is 0.354 e. The number of imidazole rings is 1. The van der Waals surface area contributed by atoms with Crippen LogP contribution in [0, 0.1) is 6.92 Å². The normalized spacial score (nSPS) is 11.0. The number of carboxylic acid groups (broad SMARTS) is 1. The first-order valence-electron chi connectivity index (χ1n) is 8.47. The number of aryl methyl sites for hydroxylation is 1. The first-order valence-corrected chi connectivity index (χ1v) is 8.47. The van der Waals surface area contributed by atoms with Crippen molar-refractivity contribution in [2.24, 2.45) is 0 Å². The number of hydrogen-bond donors (Lipinski definition) is 1. The Morgan fingerprint density at radius 2 is 1.65 bits per heavy atom. The van der Waals surface area contributed by atoms with Crippen LogP contribution in [-0.4, -0.2) is 20.6 Å². The van der Waals surface area contributed by atoms with Gasteiger partial charge in [0, 0.05) is 5.56 Å². The molecule has 0 unspecified atom stereocenters. The lowest BCUT2D eigenvalue weighted by atomic mass is 10.0. The van der Waals surface area contributed by atoms with Gasteiger partial charge in [-0.2, -0.15) is 0 Å². The Kier molecular flexibility index (Phi) is 4.01. The van der Waals surface area contributed by atoms with Crippen molar-refractivity contribution in [3.63, 3.8) is 0 Å². The zero-order valence-electron chi connectivity index (χ0n) is 14.4. The van der Waals surface area contributed by atoms with E-state index in [1.54, 1.807) is 11.5 Å². The lowest BCUT2D eigenvalue weighted by Crippen LogP contribution is -2.12. The highest BCUT2D eigenvalue weighted by Gasteiger charge is 2.21. The Bertz CT molecular complexity index is 1090. The Balaban J connectivity index is 1.91. The molecule has 3 aromatic carbocycles. The highest BCUT2D eigenvalue weighted by molar-refractivity contribution is 5.89. The van der Waals surface area contributed by atoms with Gasteiger partial charge in [-0.15, -0.1) is 0 Å². The fourth-order valence-electron chi connectivity index (χ4n) is 3.41. The number of hydrogen-bond acceptors (Lipinski definition) is 2. The van der Waals surface area contributed by atoms with Crippen molar-refractivity contribution in [2.75, 3.05) is 0 Å². The van der Waals surface area contributed by atoms with E-state index in [1.165, 1.54) is 0 Å². The molecule has 0 bridgehead atoms. The van der Waals surface area contributed by atoms with Crippen LogP contribution in [0.5, 0.6) is 0 Å². The molecule has 0 fully saturated rings. The summed E-state index contributed by atoms with van der Waals surface area (Å²) < 4.78 is 1.80. The van der Waals surface area contributed by atoms with E-state index in [0.29, 0.717) is 18.1 Å². The van der Waals surface area contributed by atoms with E-state index in [9.17, 15) is 9.90 Å². The summed E-state index contributed by atoms with van der Waals surface area (Å²) in [5.74, 6) is -0.286. The van der Waals surface area contributed by atoms with E-state index in [4.69, 9.17) is 0 Å². The zero-order valence-corrected chi connectivity index (χ0v) is 14.4. The largest absolute Gasteiger partial charge is 0.477 e. The van der Waals surface area contributed by atoms with Crippen LogP contribution in [-0.2, 0) is 6.54 Å². The molecule has 0 aliphatic carbocycles. The minimum atomic E-state index is -0.961. The van der Waals surface area contributed by atoms with Crippen molar-refractivity contribution in [2.45, 2.75) is 13.5 Å². The molecule has 4 rings (SSSR count). The monoisotopic (exact) mass is 342 g/mol. The molecular formula is C22H18N2O2. The molecule has 0 saturated carbocycles. The molecule has 26 heavy (non-hydrogen) atoms. The highest BCUT2D eigenvalue weighted by Crippen LogP contribution is 2.26. The number of rotatable bonds is 4. The second kappa shape index (κ2) is 6.48. The Labute approximate surface area is 151 Å². The van der Waals surface area contributed by atoms with Crippen LogP contribution in [0.4, 0.5) is 0 Å². The van der Waals surface area contributed by atoms with Gasteiger partial charge in [0.15, 0.2) is 5.69 Å². The number of aromatic nitrogens is 2. The highest BCUT2D eigenvalue weighted by atomic mass is 16.4. The van der Waals surface area contributed by atoms with Gasteiger partial charge in [0.05, 0.1) is 12.2 Å². The third kappa shape index (κ3) is 2.75. The topological polar surface area (TPSA) is 55.1 Å². The molecule has 1 N–H and O–H groups in total. The molecule has 128 valence electrons. The molecule has 0 radical (unpaired) electrons. The number of carbonyl (C=O) groups is 1. The molecule has 0 saturated heterocycles. The van der Waals surface area contributed by atoms with Crippen LogP contribution in [0.3, 0.4) is 0 Å². The summed E-state index contributed by atoms with van der Waals surface area (Å²) in [5, 5.41) is 12.0. The predicted octanol–water partition coefficient (Wildman–Crippen LogP) is 4.76. The Hall–Kier alpha value is -3.40. The van der Waals surface area contributed by atoms with E-state index < -0.39 is 5.97 Å². The summed E-state index contributed by atoms with van der Waals surface area (Å²) in [6.45, 7) is 2.20. The van der Waals surface area contributed by atoms with E-state index in [1.807, 2.05) is 54.6 Å². The number of nitrogens with zero attached hydrogens (tertiary/aromatic N) is 2. The van der Waals surface area contributed by atoms with Gasteiger partial charge in [0.2, 0.25) is 0 Å². The lowest BCUT2D eigenvalue weighted by Gasteiger charge is -2.13. The van der Waals surface area contributed by atoms with Gasteiger partial charge in [0.1, 0.15) is 5.82 Å². The molecule has 0 amide bonds. The SMILES string of the molecule is Cc1nc(-c2ccccc2)n(Cc2cccc3ccccc23)c1C(=O)O. The van der Waals surface area contributed by atoms with E-state index >= 15 is 0 Å². The average Bonchev–Trinajstić information content (AvgIpc) is 2.99. The van der Waals surface area contributed by atoms with Crippen molar-refractivity contribution in [1.29, 1.82) is 0 Å². The standard InChI is InChI=1S/C22H18N2O2/c1-15-20(22(25)26)24(21(23-15)17-9-3-2-4-10-17)14-18-12-7-11-16-8-5-6-13-19(16)18/h2-13H,14H2,1H3,(H,25,26). The van der Waals surface area contributed by atoms with Crippen LogP contribution in [0.1, 0.15) is 21.7 Å². The quantitative estimate of drug-likeness (QED) is 0.582. The first kappa shape index (κ1) is 16.1. The summed E-state index contributed by atoms with van der Waals surface area (Å²) in [6, 6.07) is 23.9. The fraction of sp³-hybridized carbons (Fsp3) is 0.0909. The van der Waals surface area contributed by atoms with Crippen molar-refractivity contribution < 1.29 is 9.90 Å². The van der Waals surface area contributed by atoms with Crippen LogP contribution < -0.4 is 0 Å². The molecule has 0 spiro atoms. The molecule has 0 atom stereocenters. The van der Waals surface area contributed by atoms with Gasteiger partial charge < -0.3 is 9.67 Å². The maximum absolute atomic E-state index is 11.9. The lowest BCUT2D eigenvalue weighted by molar-refractivity contribution is 0.0685. The van der Waals surface area contributed by atoms with Gasteiger partial charge in [-0.3, -0.25) is 0 Å². The van der Waals surface area contributed by atoms with Crippen LogP contribution >= 0.6 is 0 Å². The molecule has 0 aliphatic heterocycles. The van der Waals surface area contributed by atoms with Crippen molar-refractivity contribution in [3.05, 3.63) is 89.7 Å². The average molecular weight is 342 g/mol. The molecular weight excluding hydrogens is 324 g/mol. The van der Waals surface area contributed by atoms with Crippen molar-refractivity contribution in [1.82, 2.24) is 9.55 Å². The first-order chi connectivity index (χ1) is 12.6. The second-order valence-corrected chi connectivity index (χ2v) is 6.27. The van der Waals surface area contributed by atoms with E-state index in [2.05, 4.69) is 23.2 Å². The number of benzene rings is 3. The summed E-state index contributed by atoms with van der Waals surface area (Å²) >= 11 is 0. The summed E-state index contributed by atoms with van der Waals surface area (Å²) in [4.78, 5) is 16.4. The molecule has 4 aromatic rings. The Morgan fingerprint density at radius 3 is 2.42 bits per heavy atom. The maximum atomic E-state index is 11.9. The third-order valence-corrected chi connectivity index (χ3v) is 4.58. The van der Waals surface area contributed by atoms with Crippen molar-refractivity contribution in [3.8, 4) is 11.4 Å². The molecule has 1 aromatic heterocycles. The number of carboxylic acids is 1. The van der Waals surface area contributed by atoms with Gasteiger partial charge in [-0.25, -0.2) is 9.78 Å².